The number of thioether (sulfide) groups is 1. The Labute approximate surface area is 112 Å². The van der Waals surface area contributed by atoms with Crippen LogP contribution in [0.25, 0.3) is 0 Å². The van der Waals surface area contributed by atoms with Crippen LogP contribution >= 0.6 is 11.8 Å². The van der Waals surface area contributed by atoms with Gasteiger partial charge in [-0.25, -0.2) is 0 Å². The maximum atomic E-state index is 5.65. The molecular weight excluding hydrogens is 250 g/mol. The Bertz CT molecular complexity index is 386. The largest absolute Gasteiger partial charge is 0.486 e. The van der Waals surface area contributed by atoms with Crippen molar-refractivity contribution >= 4 is 11.8 Å². The molecular formula is C13H19NO3S. The van der Waals surface area contributed by atoms with E-state index in [1.165, 1.54) is 0 Å². The fourth-order valence-corrected chi connectivity index (χ4v) is 2.69. The molecule has 18 heavy (non-hydrogen) atoms. The molecule has 1 aliphatic heterocycles. The Morgan fingerprint density at radius 3 is 2.83 bits per heavy atom. The fourth-order valence-electron chi connectivity index (χ4n) is 1.72. The summed E-state index contributed by atoms with van der Waals surface area (Å²) in [7, 11) is 0. The summed E-state index contributed by atoms with van der Waals surface area (Å²) in [4.78, 5) is 1.15. The van der Waals surface area contributed by atoms with Gasteiger partial charge in [-0.15, -0.1) is 11.8 Å². The first-order valence-electron chi connectivity index (χ1n) is 6.17. The van der Waals surface area contributed by atoms with Crippen LogP contribution in [0.2, 0.25) is 0 Å². The highest BCUT2D eigenvalue weighted by molar-refractivity contribution is 7.99. The molecule has 0 fully saturated rings. The van der Waals surface area contributed by atoms with Crippen molar-refractivity contribution < 1.29 is 14.2 Å². The smallest absolute Gasteiger partial charge is 0.162 e. The number of rotatable bonds is 6. The first kappa shape index (κ1) is 13.5. The van der Waals surface area contributed by atoms with E-state index in [0.29, 0.717) is 26.4 Å². The number of fused-ring (bicyclic) bond motifs is 1. The van der Waals surface area contributed by atoms with Crippen LogP contribution in [-0.2, 0) is 4.74 Å². The first-order chi connectivity index (χ1) is 8.83. The lowest BCUT2D eigenvalue weighted by atomic mass is 10.3. The molecule has 0 radical (unpaired) electrons. The average molecular weight is 269 g/mol. The van der Waals surface area contributed by atoms with Gasteiger partial charge < -0.3 is 19.9 Å². The van der Waals surface area contributed by atoms with Gasteiger partial charge in [0, 0.05) is 23.8 Å². The standard InChI is InChI=1S/C13H19NO3S/c1-2-15-10(8-14)9-18-11-3-4-12-13(7-11)17-6-5-16-12/h3-4,7,10H,2,5-6,8-9,14H2,1H3. The van der Waals surface area contributed by atoms with Gasteiger partial charge in [0.1, 0.15) is 13.2 Å². The van der Waals surface area contributed by atoms with E-state index in [9.17, 15) is 0 Å². The molecule has 5 heteroatoms. The monoisotopic (exact) mass is 269 g/mol. The van der Waals surface area contributed by atoms with Crippen LogP contribution in [0.1, 0.15) is 6.92 Å². The molecule has 0 aliphatic carbocycles. The highest BCUT2D eigenvalue weighted by Gasteiger charge is 2.13. The van der Waals surface area contributed by atoms with Gasteiger partial charge in [0.2, 0.25) is 0 Å². The van der Waals surface area contributed by atoms with Gasteiger partial charge in [-0.05, 0) is 25.1 Å². The molecule has 1 heterocycles. The van der Waals surface area contributed by atoms with Crippen LogP contribution in [0.15, 0.2) is 23.1 Å². The molecule has 0 saturated carbocycles. The zero-order valence-electron chi connectivity index (χ0n) is 10.6. The Kier molecular flexibility index (Phi) is 5.16. The highest BCUT2D eigenvalue weighted by Crippen LogP contribution is 2.34. The van der Waals surface area contributed by atoms with Crippen molar-refractivity contribution in [2.45, 2.75) is 17.9 Å². The van der Waals surface area contributed by atoms with Crippen LogP contribution in [-0.4, -0.2) is 38.2 Å². The van der Waals surface area contributed by atoms with Crippen molar-refractivity contribution in [1.82, 2.24) is 0 Å². The predicted molar refractivity (Wildman–Crippen MR) is 72.6 cm³/mol. The summed E-state index contributed by atoms with van der Waals surface area (Å²) in [5.41, 5.74) is 5.65. The van der Waals surface area contributed by atoms with E-state index in [2.05, 4.69) is 0 Å². The number of nitrogens with two attached hydrogens (primary N) is 1. The van der Waals surface area contributed by atoms with Crippen molar-refractivity contribution in [3.8, 4) is 11.5 Å². The van der Waals surface area contributed by atoms with Crippen LogP contribution < -0.4 is 15.2 Å². The Balaban J connectivity index is 1.93. The van der Waals surface area contributed by atoms with Crippen molar-refractivity contribution in [2.75, 3.05) is 32.1 Å². The summed E-state index contributed by atoms with van der Waals surface area (Å²) in [6.45, 7) is 4.47. The predicted octanol–water partition coefficient (Wildman–Crippen LogP) is 1.91. The van der Waals surface area contributed by atoms with Gasteiger partial charge >= 0.3 is 0 Å². The Morgan fingerprint density at radius 2 is 2.11 bits per heavy atom. The molecule has 100 valence electrons. The van der Waals surface area contributed by atoms with Crippen molar-refractivity contribution in [3.05, 3.63) is 18.2 Å². The van der Waals surface area contributed by atoms with Gasteiger partial charge in [0.05, 0.1) is 6.10 Å². The van der Waals surface area contributed by atoms with Gasteiger partial charge in [0.15, 0.2) is 11.5 Å². The molecule has 0 aromatic heterocycles. The second kappa shape index (κ2) is 6.87. The lowest BCUT2D eigenvalue weighted by Gasteiger charge is -2.19. The Morgan fingerprint density at radius 1 is 1.33 bits per heavy atom. The number of benzene rings is 1. The molecule has 1 atom stereocenters. The number of hydrogen-bond donors (Lipinski definition) is 1. The van der Waals surface area contributed by atoms with Gasteiger partial charge in [-0.2, -0.15) is 0 Å². The van der Waals surface area contributed by atoms with Gasteiger partial charge in [0.25, 0.3) is 0 Å². The minimum absolute atomic E-state index is 0.105. The van der Waals surface area contributed by atoms with Gasteiger partial charge in [-0.3, -0.25) is 0 Å². The van der Waals surface area contributed by atoms with E-state index >= 15 is 0 Å². The highest BCUT2D eigenvalue weighted by atomic mass is 32.2. The van der Waals surface area contributed by atoms with E-state index < -0.39 is 0 Å². The quantitative estimate of drug-likeness (QED) is 0.800. The van der Waals surface area contributed by atoms with Crippen LogP contribution in [0, 0.1) is 0 Å². The first-order valence-corrected chi connectivity index (χ1v) is 7.16. The van der Waals surface area contributed by atoms with E-state index in [1.807, 2.05) is 25.1 Å². The van der Waals surface area contributed by atoms with E-state index in [-0.39, 0.29) is 6.10 Å². The maximum absolute atomic E-state index is 5.65. The third-order valence-corrected chi connectivity index (χ3v) is 3.74. The summed E-state index contributed by atoms with van der Waals surface area (Å²) >= 11 is 1.73. The molecule has 0 saturated heterocycles. The molecule has 2 rings (SSSR count). The second-order valence-electron chi connectivity index (χ2n) is 3.93. The third-order valence-electron chi connectivity index (χ3n) is 2.61. The summed E-state index contributed by atoms with van der Waals surface area (Å²) in [6, 6.07) is 6.01. The number of hydrogen-bond acceptors (Lipinski definition) is 5. The summed E-state index contributed by atoms with van der Waals surface area (Å²) in [6.07, 6.45) is 0.105. The molecule has 1 aromatic rings. The van der Waals surface area contributed by atoms with Gasteiger partial charge in [-0.1, -0.05) is 0 Å². The fraction of sp³-hybridized carbons (Fsp3) is 0.538. The lowest BCUT2D eigenvalue weighted by Crippen LogP contribution is -2.26. The SMILES string of the molecule is CCOC(CN)CSc1ccc2c(c1)OCCO2. The molecule has 1 aliphatic rings. The third kappa shape index (κ3) is 3.54. The molecule has 0 amide bonds. The second-order valence-corrected chi connectivity index (χ2v) is 5.02. The van der Waals surface area contributed by atoms with Crippen molar-refractivity contribution in [2.24, 2.45) is 5.73 Å². The summed E-state index contributed by atoms with van der Waals surface area (Å²) < 4.78 is 16.6. The normalized spacial score (nSPS) is 15.4. The topological polar surface area (TPSA) is 53.7 Å². The molecule has 1 unspecified atom stereocenters. The summed E-state index contributed by atoms with van der Waals surface area (Å²) in [5, 5.41) is 0. The molecule has 0 spiro atoms. The molecule has 4 nitrogen and oxygen atoms in total. The van der Waals surface area contributed by atoms with Crippen molar-refractivity contribution in [1.29, 1.82) is 0 Å². The summed E-state index contributed by atoms with van der Waals surface area (Å²) in [5.74, 6) is 2.50. The lowest BCUT2D eigenvalue weighted by molar-refractivity contribution is 0.0858. The molecule has 1 aromatic carbocycles. The van der Waals surface area contributed by atoms with Crippen LogP contribution in [0.5, 0.6) is 11.5 Å². The zero-order chi connectivity index (χ0) is 12.8. The minimum Gasteiger partial charge on any atom is -0.486 e. The van der Waals surface area contributed by atoms with E-state index in [1.54, 1.807) is 11.8 Å². The minimum atomic E-state index is 0.105. The van der Waals surface area contributed by atoms with E-state index in [0.717, 1.165) is 22.1 Å². The van der Waals surface area contributed by atoms with Crippen LogP contribution in [0.3, 0.4) is 0 Å². The average Bonchev–Trinajstić information content (AvgIpc) is 2.43. The number of ether oxygens (including phenoxy) is 3. The van der Waals surface area contributed by atoms with Crippen LogP contribution in [0.4, 0.5) is 0 Å². The van der Waals surface area contributed by atoms with Crippen molar-refractivity contribution in [3.63, 3.8) is 0 Å². The zero-order valence-corrected chi connectivity index (χ0v) is 11.4. The Hall–Kier alpha value is -0.910. The molecule has 2 N–H and O–H groups in total. The van der Waals surface area contributed by atoms with E-state index in [4.69, 9.17) is 19.9 Å². The maximum Gasteiger partial charge on any atom is 0.162 e. The molecule has 0 bridgehead atoms.